The smallest absolute Gasteiger partial charge is 0.134 e. The summed E-state index contributed by atoms with van der Waals surface area (Å²) in [5.74, 6) is 0.834. The second-order valence-electron chi connectivity index (χ2n) is 4.26. The number of nitrogens with zero attached hydrogens (tertiary/aromatic N) is 4. The zero-order valence-electron chi connectivity index (χ0n) is 10.6. The SMILES string of the molecule is COc1ccc(N2CC(c3ccccn3)N=N2)cc1. The van der Waals surface area contributed by atoms with E-state index < -0.39 is 0 Å². The predicted octanol–water partition coefficient (Wildman–Crippen LogP) is 3.02. The van der Waals surface area contributed by atoms with Crippen LogP contribution < -0.4 is 9.75 Å². The van der Waals surface area contributed by atoms with Crippen LogP contribution in [0.5, 0.6) is 5.75 Å². The highest BCUT2D eigenvalue weighted by molar-refractivity contribution is 5.49. The lowest BCUT2D eigenvalue weighted by molar-refractivity contribution is 0.415. The van der Waals surface area contributed by atoms with E-state index in [1.165, 1.54) is 0 Å². The molecular weight excluding hydrogens is 240 g/mol. The Morgan fingerprint density at radius 3 is 2.68 bits per heavy atom. The number of anilines is 1. The fourth-order valence-corrected chi connectivity index (χ4v) is 2.00. The van der Waals surface area contributed by atoms with Crippen LogP contribution in [0, 0.1) is 0 Å². The van der Waals surface area contributed by atoms with Gasteiger partial charge in [-0.05, 0) is 36.4 Å². The standard InChI is InChI=1S/C14H14N4O/c1-19-12-7-5-11(6-8-12)18-10-14(16-17-18)13-4-2-3-9-15-13/h2-9,14H,10H2,1H3. The van der Waals surface area contributed by atoms with Crippen molar-refractivity contribution < 1.29 is 4.74 Å². The molecule has 3 rings (SSSR count). The fourth-order valence-electron chi connectivity index (χ4n) is 2.00. The van der Waals surface area contributed by atoms with Gasteiger partial charge in [-0.1, -0.05) is 11.3 Å². The maximum absolute atomic E-state index is 5.14. The van der Waals surface area contributed by atoms with Crippen LogP contribution in [0.25, 0.3) is 0 Å². The van der Waals surface area contributed by atoms with E-state index in [2.05, 4.69) is 15.3 Å². The molecule has 0 saturated carbocycles. The van der Waals surface area contributed by atoms with Crippen molar-refractivity contribution in [1.29, 1.82) is 0 Å². The molecular formula is C14H14N4O. The van der Waals surface area contributed by atoms with Crippen molar-refractivity contribution >= 4 is 5.69 Å². The number of ether oxygens (including phenoxy) is 1. The van der Waals surface area contributed by atoms with Crippen LogP contribution in [-0.4, -0.2) is 18.6 Å². The Morgan fingerprint density at radius 1 is 1.16 bits per heavy atom. The lowest BCUT2D eigenvalue weighted by Crippen LogP contribution is -2.16. The molecule has 1 unspecified atom stereocenters. The van der Waals surface area contributed by atoms with Gasteiger partial charge in [0.2, 0.25) is 0 Å². The van der Waals surface area contributed by atoms with Crippen molar-refractivity contribution in [3.8, 4) is 5.75 Å². The topological polar surface area (TPSA) is 50.1 Å². The van der Waals surface area contributed by atoms with Gasteiger partial charge in [-0.15, -0.1) is 0 Å². The first-order valence-corrected chi connectivity index (χ1v) is 6.10. The normalized spacial score (nSPS) is 17.7. The Kier molecular flexibility index (Phi) is 3.10. The quantitative estimate of drug-likeness (QED) is 0.846. The zero-order chi connectivity index (χ0) is 13.1. The molecule has 19 heavy (non-hydrogen) atoms. The Labute approximate surface area is 111 Å². The number of aromatic nitrogens is 1. The molecule has 1 aromatic heterocycles. The fraction of sp³-hybridized carbons (Fsp3) is 0.214. The van der Waals surface area contributed by atoms with E-state index in [4.69, 9.17) is 4.74 Å². The summed E-state index contributed by atoms with van der Waals surface area (Å²) in [6, 6.07) is 13.6. The first kappa shape index (κ1) is 11.6. The number of hydrogen-bond acceptors (Lipinski definition) is 5. The predicted molar refractivity (Wildman–Crippen MR) is 72.2 cm³/mol. The largest absolute Gasteiger partial charge is 0.497 e. The van der Waals surface area contributed by atoms with Crippen molar-refractivity contribution in [2.24, 2.45) is 10.3 Å². The lowest BCUT2D eigenvalue weighted by atomic mass is 10.2. The summed E-state index contributed by atoms with van der Waals surface area (Å²) in [6.45, 7) is 0.712. The molecule has 0 fully saturated rings. The van der Waals surface area contributed by atoms with Crippen LogP contribution in [0.15, 0.2) is 59.0 Å². The highest BCUT2D eigenvalue weighted by atomic mass is 16.5. The third kappa shape index (κ3) is 2.40. The summed E-state index contributed by atoms with van der Waals surface area (Å²) < 4.78 is 5.14. The molecule has 2 aromatic rings. The van der Waals surface area contributed by atoms with Gasteiger partial charge in [0.15, 0.2) is 0 Å². The van der Waals surface area contributed by atoms with Gasteiger partial charge in [-0.3, -0.25) is 4.98 Å². The van der Waals surface area contributed by atoms with Crippen molar-refractivity contribution in [2.45, 2.75) is 6.04 Å². The van der Waals surface area contributed by atoms with Gasteiger partial charge in [-0.25, -0.2) is 5.01 Å². The summed E-state index contributed by atoms with van der Waals surface area (Å²) in [6.07, 6.45) is 1.78. The van der Waals surface area contributed by atoms with Gasteiger partial charge >= 0.3 is 0 Å². The molecule has 96 valence electrons. The van der Waals surface area contributed by atoms with Crippen LogP contribution in [-0.2, 0) is 0 Å². The lowest BCUT2D eigenvalue weighted by Gasteiger charge is -2.13. The summed E-state index contributed by atoms with van der Waals surface area (Å²) in [7, 11) is 1.65. The van der Waals surface area contributed by atoms with E-state index in [-0.39, 0.29) is 6.04 Å². The molecule has 1 aliphatic rings. The van der Waals surface area contributed by atoms with Crippen molar-refractivity contribution in [2.75, 3.05) is 18.7 Å². The van der Waals surface area contributed by atoms with Gasteiger partial charge in [0.1, 0.15) is 11.8 Å². The third-order valence-corrected chi connectivity index (χ3v) is 3.04. The highest BCUT2D eigenvalue weighted by Gasteiger charge is 2.22. The van der Waals surface area contributed by atoms with E-state index >= 15 is 0 Å². The molecule has 1 atom stereocenters. The molecule has 1 aliphatic heterocycles. The van der Waals surface area contributed by atoms with Crippen LogP contribution in [0.3, 0.4) is 0 Å². The number of rotatable bonds is 3. The van der Waals surface area contributed by atoms with Gasteiger partial charge in [0.05, 0.1) is 25.0 Å². The van der Waals surface area contributed by atoms with E-state index in [9.17, 15) is 0 Å². The van der Waals surface area contributed by atoms with Crippen molar-refractivity contribution in [3.63, 3.8) is 0 Å². The molecule has 5 nitrogen and oxygen atoms in total. The monoisotopic (exact) mass is 254 g/mol. The van der Waals surface area contributed by atoms with Gasteiger partial charge in [-0.2, -0.15) is 5.11 Å². The Morgan fingerprint density at radius 2 is 2.00 bits per heavy atom. The summed E-state index contributed by atoms with van der Waals surface area (Å²) in [5, 5.41) is 10.3. The summed E-state index contributed by atoms with van der Waals surface area (Å²) in [4.78, 5) is 4.32. The number of pyridine rings is 1. The number of hydrogen-bond donors (Lipinski definition) is 0. The molecule has 0 saturated heterocycles. The van der Waals surface area contributed by atoms with Gasteiger partial charge in [0, 0.05) is 6.20 Å². The second kappa shape index (κ2) is 5.06. The average Bonchev–Trinajstić information content (AvgIpc) is 2.98. The molecule has 2 heterocycles. The molecule has 0 spiro atoms. The zero-order valence-corrected chi connectivity index (χ0v) is 10.6. The Balaban J connectivity index is 1.74. The molecule has 0 amide bonds. The highest BCUT2D eigenvalue weighted by Crippen LogP contribution is 2.28. The minimum atomic E-state index is 0.00306. The van der Waals surface area contributed by atoms with Crippen LogP contribution in [0.1, 0.15) is 11.7 Å². The molecule has 0 N–H and O–H groups in total. The van der Waals surface area contributed by atoms with E-state index in [1.807, 2.05) is 47.5 Å². The third-order valence-electron chi connectivity index (χ3n) is 3.04. The van der Waals surface area contributed by atoms with Crippen molar-refractivity contribution in [3.05, 3.63) is 54.4 Å². The van der Waals surface area contributed by atoms with E-state index in [1.54, 1.807) is 13.3 Å². The molecule has 0 radical (unpaired) electrons. The molecule has 5 heteroatoms. The second-order valence-corrected chi connectivity index (χ2v) is 4.26. The number of benzene rings is 1. The minimum Gasteiger partial charge on any atom is -0.497 e. The molecule has 1 aromatic carbocycles. The summed E-state index contributed by atoms with van der Waals surface area (Å²) >= 11 is 0. The minimum absolute atomic E-state index is 0.00306. The van der Waals surface area contributed by atoms with Gasteiger partial charge in [0.25, 0.3) is 0 Å². The van der Waals surface area contributed by atoms with Gasteiger partial charge < -0.3 is 4.74 Å². The maximum Gasteiger partial charge on any atom is 0.134 e. The average molecular weight is 254 g/mol. The van der Waals surface area contributed by atoms with Crippen molar-refractivity contribution in [1.82, 2.24) is 4.98 Å². The van der Waals surface area contributed by atoms with Crippen LogP contribution in [0.4, 0.5) is 5.69 Å². The Bertz CT molecular complexity index is 568. The van der Waals surface area contributed by atoms with E-state index in [0.29, 0.717) is 6.54 Å². The number of methoxy groups -OCH3 is 1. The molecule has 0 aliphatic carbocycles. The molecule has 0 bridgehead atoms. The Hall–Kier alpha value is -2.43. The first-order chi connectivity index (χ1) is 9.36. The summed E-state index contributed by atoms with van der Waals surface area (Å²) in [5.41, 5.74) is 1.95. The first-order valence-electron chi connectivity index (χ1n) is 6.10. The van der Waals surface area contributed by atoms with E-state index in [0.717, 1.165) is 17.1 Å². The van der Waals surface area contributed by atoms with Crippen LogP contribution in [0.2, 0.25) is 0 Å². The van der Waals surface area contributed by atoms with Crippen LogP contribution >= 0.6 is 0 Å². The maximum atomic E-state index is 5.14.